The third-order valence-electron chi connectivity index (χ3n) is 2.46. The zero-order chi connectivity index (χ0) is 14.5. The molecule has 0 saturated heterocycles. The summed E-state index contributed by atoms with van der Waals surface area (Å²) in [4.78, 5) is 18.4. The zero-order valence-corrected chi connectivity index (χ0v) is 10.7. The molecule has 0 aliphatic rings. The van der Waals surface area contributed by atoms with Gasteiger partial charge in [-0.2, -0.15) is 0 Å². The van der Waals surface area contributed by atoms with Gasteiger partial charge in [0, 0.05) is 23.9 Å². The summed E-state index contributed by atoms with van der Waals surface area (Å²) in [6.07, 6.45) is 0. The molecule has 20 heavy (non-hydrogen) atoms. The van der Waals surface area contributed by atoms with Crippen LogP contribution in [0.5, 0.6) is 5.75 Å². The average Bonchev–Trinajstić information content (AvgIpc) is 2.45. The van der Waals surface area contributed by atoms with E-state index in [9.17, 15) is 10.1 Å². The van der Waals surface area contributed by atoms with E-state index in [-0.39, 0.29) is 12.3 Å². The van der Waals surface area contributed by atoms with Gasteiger partial charge in [-0.25, -0.2) is 15.8 Å². The number of nitrogens with one attached hydrogen (secondary N) is 1. The monoisotopic (exact) mass is 275 g/mol. The molecule has 1 aromatic heterocycles. The summed E-state index contributed by atoms with van der Waals surface area (Å²) in [5.41, 5.74) is 3.22. The molecular formula is C12H13N5O3. The molecule has 0 unspecified atom stereocenters. The van der Waals surface area contributed by atoms with Crippen molar-refractivity contribution in [2.24, 2.45) is 5.84 Å². The van der Waals surface area contributed by atoms with E-state index >= 15 is 0 Å². The van der Waals surface area contributed by atoms with Gasteiger partial charge < -0.3 is 10.2 Å². The Kier molecular flexibility index (Phi) is 4.06. The molecule has 0 fully saturated rings. The van der Waals surface area contributed by atoms with Crippen LogP contribution in [0.4, 0.5) is 11.5 Å². The minimum atomic E-state index is -0.466. The van der Waals surface area contributed by atoms with Gasteiger partial charge in [-0.15, -0.1) is 0 Å². The quantitative estimate of drug-likeness (QED) is 0.483. The van der Waals surface area contributed by atoms with Gasteiger partial charge in [0.05, 0.1) is 4.92 Å². The van der Waals surface area contributed by atoms with Gasteiger partial charge in [-0.3, -0.25) is 10.1 Å². The van der Waals surface area contributed by atoms with Crippen LogP contribution in [0.1, 0.15) is 11.5 Å². The van der Waals surface area contributed by atoms with Gasteiger partial charge in [0.1, 0.15) is 18.2 Å². The second-order valence-corrected chi connectivity index (χ2v) is 3.99. The van der Waals surface area contributed by atoms with Crippen molar-refractivity contribution in [2.45, 2.75) is 13.5 Å². The highest BCUT2D eigenvalue weighted by Crippen LogP contribution is 2.18. The minimum Gasteiger partial charge on any atom is -0.486 e. The molecule has 1 aromatic carbocycles. The number of rotatable bonds is 5. The van der Waals surface area contributed by atoms with E-state index in [2.05, 4.69) is 15.4 Å². The molecule has 0 radical (unpaired) electrons. The molecule has 0 spiro atoms. The van der Waals surface area contributed by atoms with Crippen LogP contribution in [-0.2, 0) is 6.61 Å². The molecule has 0 bridgehead atoms. The van der Waals surface area contributed by atoms with Crippen LogP contribution >= 0.6 is 0 Å². The number of non-ortho nitro benzene ring substituents is 1. The van der Waals surface area contributed by atoms with Gasteiger partial charge in [0.15, 0.2) is 5.82 Å². The number of anilines is 1. The summed E-state index contributed by atoms with van der Waals surface area (Å²) in [5, 5.41) is 10.5. The fourth-order valence-electron chi connectivity index (χ4n) is 1.58. The van der Waals surface area contributed by atoms with Crippen LogP contribution < -0.4 is 16.0 Å². The SMILES string of the molecule is Cc1cc(NN)nc(COc2ccc([N+](=O)[O-])cc2)n1. The first-order chi connectivity index (χ1) is 9.58. The molecule has 8 nitrogen and oxygen atoms in total. The summed E-state index contributed by atoms with van der Waals surface area (Å²) in [7, 11) is 0. The summed E-state index contributed by atoms with van der Waals surface area (Å²) in [5.74, 6) is 6.77. The third kappa shape index (κ3) is 3.39. The Morgan fingerprint density at radius 1 is 1.35 bits per heavy atom. The molecular weight excluding hydrogens is 262 g/mol. The maximum atomic E-state index is 10.5. The number of benzene rings is 1. The van der Waals surface area contributed by atoms with E-state index in [1.807, 2.05) is 6.92 Å². The number of ether oxygens (including phenoxy) is 1. The molecule has 0 aliphatic heterocycles. The normalized spacial score (nSPS) is 10.1. The lowest BCUT2D eigenvalue weighted by molar-refractivity contribution is -0.384. The smallest absolute Gasteiger partial charge is 0.269 e. The van der Waals surface area contributed by atoms with Crippen molar-refractivity contribution in [2.75, 3.05) is 5.43 Å². The van der Waals surface area contributed by atoms with Crippen molar-refractivity contribution in [1.82, 2.24) is 9.97 Å². The highest BCUT2D eigenvalue weighted by Gasteiger charge is 2.06. The maximum absolute atomic E-state index is 10.5. The van der Waals surface area contributed by atoms with Crippen LogP contribution in [0.2, 0.25) is 0 Å². The topological polar surface area (TPSA) is 116 Å². The number of hydrogen-bond donors (Lipinski definition) is 2. The molecule has 1 heterocycles. The molecule has 0 saturated carbocycles. The predicted octanol–water partition coefficient (Wildman–Crippen LogP) is 1.56. The van der Waals surface area contributed by atoms with Crippen molar-refractivity contribution in [1.29, 1.82) is 0 Å². The molecule has 0 atom stereocenters. The highest BCUT2D eigenvalue weighted by molar-refractivity contribution is 5.36. The first-order valence-corrected chi connectivity index (χ1v) is 5.77. The summed E-state index contributed by atoms with van der Waals surface area (Å²) >= 11 is 0. The number of hydrogen-bond acceptors (Lipinski definition) is 7. The largest absolute Gasteiger partial charge is 0.486 e. The van der Waals surface area contributed by atoms with Crippen LogP contribution in [0.15, 0.2) is 30.3 Å². The fourth-order valence-corrected chi connectivity index (χ4v) is 1.58. The second-order valence-electron chi connectivity index (χ2n) is 3.99. The highest BCUT2D eigenvalue weighted by atomic mass is 16.6. The van der Waals surface area contributed by atoms with Gasteiger partial charge in [-0.05, 0) is 19.1 Å². The number of aryl methyl sites for hydroxylation is 1. The van der Waals surface area contributed by atoms with Gasteiger partial charge in [-0.1, -0.05) is 0 Å². The number of aromatic nitrogens is 2. The number of nitrogens with zero attached hydrogens (tertiary/aromatic N) is 3. The van der Waals surface area contributed by atoms with Gasteiger partial charge in [0.25, 0.3) is 5.69 Å². The Morgan fingerprint density at radius 3 is 2.65 bits per heavy atom. The van der Waals surface area contributed by atoms with E-state index < -0.39 is 4.92 Å². The number of hydrazine groups is 1. The number of nitrogens with two attached hydrogens (primary N) is 1. The van der Waals surface area contributed by atoms with Crippen molar-refractivity contribution < 1.29 is 9.66 Å². The molecule has 2 aromatic rings. The van der Waals surface area contributed by atoms with Crippen molar-refractivity contribution in [3.63, 3.8) is 0 Å². The number of nitro groups is 1. The van der Waals surface area contributed by atoms with Gasteiger partial charge in [0.2, 0.25) is 0 Å². The average molecular weight is 275 g/mol. The molecule has 104 valence electrons. The lowest BCUT2D eigenvalue weighted by atomic mass is 10.3. The van der Waals surface area contributed by atoms with Crippen LogP contribution in [0.25, 0.3) is 0 Å². The van der Waals surface area contributed by atoms with E-state index in [4.69, 9.17) is 10.6 Å². The summed E-state index contributed by atoms with van der Waals surface area (Å²) < 4.78 is 5.47. The van der Waals surface area contributed by atoms with E-state index in [0.717, 1.165) is 5.69 Å². The van der Waals surface area contributed by atoms with Crippen molar-refractivity contribution >= 4 is 11.5 Å². The van der Waals surface area contributed by atoms with E-state index in [1.165, 1.54) is 24.3 Å². The molecule has 2 rings (SSSR count). The van der Waals surface area contributed by atoms with Crippen LogP contribution in [-0.4, -0.2) is 14.9 Å². The predicted molar refractivity (Wildman–Crippen MR) is 72.0 cm³/mol. The first-order valence-electron chi connectivity index (χ1n) is 5.77. The standard InChI is InChI=1S/C12H13N5O3/c1-8-6-11(16-13)15-12(14-8)7-20-10-4-2-9(3-5-10)17(18)19/h2-6H,7,13H2,1H3,(H,14,15,16). The Balaban J connectivity index is 2.04. The van der Waals surface area contributed by atoms with Crippen molar-refractivity contribution in [3.05, 3.63) is 52.0 Å². The minimum absolute atomic E-state index is 0.0128. The summed E-state index contributed by atoms with van der Waals surface area (Å²) in [6.45, 7) is 1.96. The van der Waals surface area contributed by atoms with Crippen LogP contribution in [0.3, 0.4) is 0 Å². The number of nitro benzene ring substituents is 1. The maximum Gasteiger partial charge on any atom is 0.269 e. The van der Waals surface area contributed by atoms with Gasteiger partial charge >= 0.3 is 0 Å². The molecule has 3 N–H and O–H groups in total. The third-order valence-corrected chi connectivity index (χ3v) is 2.46. The lowest BCUT2D eigenvalue weighted by Crippen LogP contribution is -2.12. The van der Waals surface area contributed by atoms with E-state index in [0.29, 0.717) is 17.4 Å². The molecule has 0 aliphatic carbocycles. The summed E-state index contributed by atoms with van der Waals surface area (Å²) in [6, 6.07) is 7.50. The van der Waals surface area contributed by atoms with Crippen LogP contribution in [0, 0.1) is 17.0 Å². The number of nitrogen functional groups attached to an aromatic ring is 1. The fraction of sp³-hybridized carbons (Fsp3) is 0.167. The second kappa shape index (κ2) is 5.93. The molecule has 8 heteroatoms. The Bertz CT molecular complexity index is 615. The van der Waals surface area contributed by atoms with Crippen molar-refractivity contribution in [3.8, 4) is 5.75 Å². The van der Waals surface area contributed by atoms with E-state index in [1.54, 1.807) is 6.07 Å². The first kappa shape index (κ1) is 13.7. The molecule has 0 amide bonds. The Labute approximate surface area is 114 Å². The Hall–Kier alpha value is -2.74. The zero-order valence-electron chi connectivity index (χ0n) is 10.7. The Morgan fingerprint density at radius 2 is 2.05 bits per heavy atom. The lowest BCUT2D eigenvalue weighted by Gasteiger charge is -2.07.